The van der Waals surface area contributed by atoms with Crippen LogP contribution in [-0.4, -0.2) is 22.1 Å². The van der Waals surface area contributed by atoms with Crippen molar-refractivity contribution in [1.82, 2.24) is 0 Å². The number of amides is 1. The zero-order valence-corrected chi connectivity index (χ0v) is 7.68. The maximum Gasteiger partial charge on any atom is 0.340 e. The number of rotatable bonds is 3. The summed E-state index contributed by atoms with van der Waals surface area (Å²) in [4.78, 5) is 21.5. The number of hydrogen-bond donors (Lipinski definition) is 3. The molecule has 1 aromatic rings. The number of carbonyl (C=O) groups excluding carboxylic acids is 1. The van der Waals surface area contributed by atoms with Crippen molar-refractivity contribution in [3.63, 3.8) is 0 Å². The van der Waals surface area contributed by atoms with Gasteiger partial charge in [-0.15, -0.1) is 0 Å². The summed E-state index contributed by atoms with van der Waals surface area (Å²) in [6.07, 6.45) is 0. The van der Waals surface area contributed by atoms with Crippen LogP contribution in [0.3, 0.4) is 0 Å². The molecule has 1 rings (SSSR count). The SMILES string of the molecule is NC(=O)C(O)=C(C(=O)O)c1ccccc1. The number of aliphatic hydroxyl groups excluding tert-OH is 1. The summed E-state index contributed by atoms with van der Waals surface area (Å²) < 4.78 is 0. The molecule has 0 aliphatic rings. The van der Waals surface area contributed by atoms with Crippen LogP contribution in [0.15, 0.2) is 36.1 Å². The first-order valence-electron chi connectivity index (χ1n) is 4.05. The van der Waals surface area contributed by atoms with E-state index in [2.05, 4.69) is 0 Å². The van der Waals surface area contributed by atoms with Gasteiger partial charge in [-0.1, -0.05) is 30.3 Å². The molecular weight excluding hydrogens is 198 g/mol. The van der Waals surface area contributed by atoms with Crippen LogP contribution in [0.2, 0.25) is 0 Å². The largest absolute Gasteiger partial charge is 0.502 e. The van der Waals surface area contributed by atoms with E-state index >= 15 is 0 Å². The van der Waals surface area contributed by atoms with Crippen LogP contribution < -0.4 is 5.73 Å². The zero-order valence-electron chi connectivity index (χ0n) is 7.68. The molecule has 0 aliphatic carbocycles. The molecule has 1 amide bonds. The van der Waals surface area contributed by atoms with Crippen LogP contribution in [0, 0.1) is 0 Å². The second kappa shape index (κ2) is 4.28. The average molecular weight is 207 g/mol. The van der Waals surface area contributed by atoms with Crippen molar-refractivity contribution in [2.75, 3.05) is 0 Å². The number of aliphatic carboxylic acids is 1. The van der Waals surface area contributed by atoms with E-state index in [4.69, 9.17) is 10.8 Å². The lowest BCUT2D eigenvalue weighted by Gasteiger charge is -2.03. The van der Waals surface area contributed by atoms with Crippen molar-refractivity contribution in [3.05, 3.63) is 41.7 Å². The number of nitrogens with two attached hydrogens (primary N) is 1. The van der Waals surface area contributed by atoms with Crippen LogP contribution in [0.5, 0.6) is 0 Å². The van der Waals surface area contributed by atoms with Crippen LogP contribution in [0.4, 0.5) is 0 Å². The van der Waals surface area contributed by atoms with Crippen LogP contribution in [0.25, 0.3) is 5.57 Å². The normalized spacial score (nSPS) is 11.7. The van der Waals surface area contributed by atoms with Gasteiger partial charge in [0.2, 0.25) is 0 Å². The highest BCUT2D eigenvalue weighted by Crippen LogP contribution is 2.17. The third-order valence-corrected chi connectivity index (χ3v) is 1.75. The number of carboxylic acids is 1. The van der Waals surface area contributed by atoms with E-state index in [9.17, 15) is 14.7 Å². The topological polar surface area (TPSA) is 101 Å². The fourth-order valence-corrected chi connectivity index (χ4v) is 1.09. The summed E-state index contributed by atoms with van der Waals surface area (Å²) in [5.74, 6) is -3.53. The van der Waals surface area contributed by atoms with Crippen molar-refractivity contribution >= 4 is 17.4 Å². The Bertz CT molecular complexity index is 422. The van der Waals surface area contributed by atoms with Gasteiger partial charge in [-0.25, -0.2) is 4.79 Å². The smallest absolute Gasteiger partial charge is 0.340 e. The Kier molecular flexibility index (Phi) is 3.07. The van der Waals surface area contributed by atoms with Crippen molar-refractivity contribution < 1.29 is 19.8 Å². The molecular formula is C10H9NO4. The summed E-state index contributed by atoms with van der Waals surface area (Å²) in [6.45, 7) is 0. The summed E-state index contributed by atoms with van der Waals surface area (Å²) in [5, 5.41) is 18.1. The lowest BCUT2D eigenvalue weighted by atomic mass is 10.0. The van der Waals surface area contributed by atoms with Gasteiger partial charge in [0.05, 0.1) is 0 Å². The molecule has 5 heteroatoms. The van der Waals surface area contributed by atoms with E-state index < -0.39 is 23.2 Å². The van der Waals surface area contributed by atoms with Gasteiger partial charge in [0.25, 0.3) is 5.91 Å². The standard InChI is InChI=1S/C10H9NO4/c11-9(13)8(12)7(10(14)15)6-4-2-1-3-5-6/h1-5,12H,(H2,11,13)(H,14,15). The lowest BCUT2D eigenvalue weighted by Crippen LogP contribution is -2.18. The van der Waals surface area contributed by atoms with Gasteiger partial charge >= 0.3 is 5.97 Å². The van der Waals surface area contributed by atoms with Crippen LogP contribution in [-0.2, 0) is 9.59 Å². The molecule has 0 saturated carbocycles. The van der Waals surface area contributed by atoms with Gasteiger partial charge < -0.3 is 15.9 Å². The Labute approximate surface area is 85.5 Å². The quantitative estimate of drug-likeness (QED) is 0.497. The Morgan fingerprint density at radius 1 is 1.07 bits per heavy atom. The number of primary amides is 1. The Balaban J connectivity index is 3.34. The molecule has 0 atom stereocenters. The highest BCUT2D eigenvalue weighted by molar-refractivity contribution is 6.21. The van der Waals surface area contributed by atoms with Crippen LogP contribution >= 0.6 is 0 Å². The molecule has 0 unspecified atom stereocenters. The fourth-order valence-electron chi connectivity index (χ4n) is 1.09. The van der Waals surface area contributed by atoms with Gasteiger partial charge in [0.1, 0.15) is 5.57 Å². The van der Waals surface area contributed by atoms with E-state index in [0.717, 1.165) is 0 Å². The molecule has 5 nitrogen and oxygen atoms in total. The summed E-state index contributed by atoms with van der Waals surface area (Å²) >= 11 is 0. The number of hydrogen-bond acceptors (Lipinski definition) is 3. The van der Waals surface area contributed by atoms with Gasteiger partial charge in [0, 0.05) is 0 Å². The first kappa shape index (κ1) is 10.8. The minimum atomic E-state index is -1.41. The van der Waals surface area contributed by atoms with Gasteiger partial charge in [-0.2, -0.15) is 0 Å². The number of carboxylic acid groups (broad SMARTS) is 1. The molecule has 0 radical (unpaired) electrons. The van der Waals surface area contributed by atoms with E-state index in [1.807, 2.05) is 0 Å². The molecule has 0 heterocycles. The summed E-state index contributed by atoms with van der Waals surface area (Å²) in [7, 11) is 0. The Morgan fingerprint density at radius 3 is 2.00 bits per heavy atom. The van der Waals surface area contributed by atoms with Crippen LogP contribution in [0.1, 0.15) is 5.56 Å². The maximum absolute atomic E-state index is 10.8. The second-order valence-electron chi connectivity index (χ2n) is 2.76. The van der Waals surface area contributed by atoms with E-state index in [1.54, 1.807) is 18.2 Å². The highest BCUT2D eigenvalue weighted by Gasteiger charge is 2.19. The summed E-state index contributed by atoms with van der Waals surface area (Å²) in [6, 6.07) is 7.79. The van der Waals surface area contributed by atoms with E-state index in [0.29, 0.717) is 0 Å². The molecule has 0 saturated heterocycles. The Morgan fingerprint density at radius 2 is 1.60 bits per heavy atom. The molecule has 78 valence electrons. The molecule has 15 heavy (non-hydrogen) atoms. The zero-order chi connectivity index (χ0) is 11.4. The molecule has 0 spiro atoms. The third-order valence-electron chi connectivity index (χ3n) is 1.75. The monoisotopic (exact) mass is 207 g/mol. The number of aliphatic hydroxyl groups is 1. The van der Waals surface area contributed by atoms with E-state index in [-0.39, 0.29) is 5.56 Å². The number of carbonyl (C=O) groups is 2. The molecule has 0 aliphatic heterocycles. The average Bonchev–Trinajstić information content (AvgIpc) is 2.18. The van der Waals surface area contributed by atoms with Crippen molar-refractivity contribution in [1.29, 1.82) is 0 Å². The fraction of sp³-hybridized carbons (Fsp3) is 0. The van der Waals surface area contributed by atoms with Crippen molar-refractivity contribution in [3.8, 4) is 0 Å². The predicted octanol–water partition coefficient (Wildman–Crippen LogP) is 0.526. The minimum absolute atomic E-state index is 0.223. The second-order valence-corrected chi connectivity index (χ2v) is 2.76. The Hall–Kier alpha value is -2.30. The number of benzene rings is 1. The molecule has 1 aromatic carbocycles. The molecule has 0 bridgehead atoms. The first-order chi connectivity index (χ1) is 7.04. The molecule has 0 aromatic heterocycles. The first-order valence-corrected chi connectivity index (χ1v) is 4.05. The third kappa shape index (κ3) is 2.34. The van der Waals surface area contributed by atoms with Gasteiger partial charge in [-0.3, -0.25) is 4.79 Å². The van der Waals surface area contributed by atoms with Crippen molar-refractivity contribution in [2.24, 2.45) is 5.73 Å². The minimum Gasteiger partial charge on any atom is -0.502 e. The summed E-state index contributed by atoms with van der Waals surface area (Å²) in [5.41, 5.74) is 4.53. The maximum atomic E-state index is 10.8. The molecule has 0 fully saturated rings. The van der Waals surface area contributed by atoms with E-state index in [1.165, 1.54) is 12.1 Å². The van der Waals surface area contributed by atoms with Gasteiger partial charge in [0.15, 0.2) is 5.76 Å². The van der Waals surface area contributed by atoms with Crippen molar-refractivity contribution in [2.45, 2.75) is 0 Å². The van der Waals surface area contributed by atoms with Gasteiger partial charge in [-0.05, 0) is 5.56 Å². The lowest BCUT2D eigenvalue weighted by molar-refractivity contribution is -0.131. The molecule has 4 N–H and O–H groups in total. The predicted molar refractivity (Wildman–Crippen MR) is 52.8 cm³/mol. The highest BCUT2D eigenvalue weighted by atomic mass is 16.4.